The van der Waals surface area contributed by atoms with Crippen LogP contribution in [-0.4, -0.2) is 36.3 Å². The first-order valence-corrected chi connectivity index (χ1v) is 9.89. The van der Waals surface area contributed by atoms with E-state index in [-0.39, 0.29) is 17.6 Å². The maximum Gasteiger partial charge on any atom is 0.228 e. The molecule has 1 aliphatic rings. The van der Waals surface area contributed by atoms with Crippen LogP contribution in [0.1, 0.15) is 32.3 Å². The Morgan fingerprint density at radius 1 is 1.07 bits per heavy atom. The molecule has 28 heavy (non-hydrogen) atoms. The lowest BCUT2D eigenvalue weighted by atomic mass is 9.78. The summed E-state index contributed by atoms with van der Waals surface area (Å²) in [5.74, 6) is -0.255. The lowest BCUT2D eigenvalue weighted by molar-refractivity contribution is -0.133. The SMILES string of the molecule is CCNC(=O)[C@]1(Cc2ccccc2-c2ccccc2F)CCN(C(=O)CC)C1. The first-order chi connectivity index (χ1) is 13.5. The monoisotopic (exact) mass is 382 g/mol. The Bertz CT molecular complexity index is 867. The van der Waals surface area contributed by atoms with Gasteiger partial charge in [-0.25, -0.2) is 4.39 Å². The van der Waals surface area contributed by atoms with E-state index in [2.05, 4.69) is 5.32 Å². The molecular weight excluding hydrogens is 355 g/mol. The van der Waals surface area contributed by atoms with Gasteiger partial charge in [0.1, 0.15) is 5.82 Å². The molecule has 0 aliphatic carbocycles. The van der Waals surface area contributed by atoms with E-state index in [1.165, 1.54) is 6.07 Å². The van der Waals surface area contributed by atoms with E-state index in [1.807, 2.05) is 44.2 Å². The van der Waals surface area contributed by atoms with Crippen LogP contribution >= 0.6 is 0 Å². The Balaban J connectivity index is 1.98. The van der Waals surface area contributed by atoms with E-state index in [1.54, 1.807) is 17.0 Å². The number of likely N-dealkylation sites (tertiary alicyclic amines) is 1. The third-order valence-electron chi connectivity index (χ3n) is 5.54. The molecule has 1 N–H and O–H groups in total. The van der Waals surface area contributed by atoms with Crippen LogP contribution in [0.4, 0.5) is 4.39 Å². The predicted molar refractivity (Wildman–Crippen MR) is 108 cm³/mol. The van der Waals surface area contributed by atoms with Crippen LogP contribution in [0.2, 0.25) is 0 Å². The maximum atomic E-state index is 14.4. The van der Waals surface area contributed by atoms with Gasteiger partial charge < -0.3 is 10.2 Å². The molecule has 3 rings (SSSR count). The van der Waals surface area contributed by atoms with Crippen molar-refractivity contribution in [1.82, 2.24) is 10.2 Å². The lowest BCUT2D eigenvalue weighted by Crippen LogP contribution is -2.45. The summed E-state index contributed by atoms with van der Waals surface area (Å²) in [4.78, 5) is 27.0. The van der Waals surface area contributed by atoms with Crippen LogP contribution in [0.3, 0.4) is 0 Å². The third kappa shape index (κ3) is 3.93. The van der Waals surface area contributed by atoms with Crippen molar-refractivity contribution in [2.45, 2.75) is 33.1 Å². The van der Waals surface area contributed by atoms with E-state index < -0.39 is 5.41 Å². The molecule has 0 aromatic heterocycles. The second kappa shape index (κ2) is 8.55. The van der Waals surface area contributed by atoms with E-state index in [0.717, 1.165) is 11.1 Å². The normalized spacial score (nSPS) is 18.9. The minimum absolute atomic E-state index is 0.0373. The van der Waals surface area contributed by atoms with Crippen molar-refractivity contribution in [3.8, 4) is 11.1 Å². The summed E-state index contributed by atoms with van der Waals surface area (Å²) in [6.45, 7) is 5.24. The molecule has 4 nitrogen and oxygen atoms in total. The molecule has 1 saturated heterocycles. The standard InChI is InChI=1S/C23H27FN2O2/c1-3-21(27)26-14-13-23(16-26,22(28)25-4-2)15-17-9-5-6-10-18(17)19-11-7-8-12-20(19)24/h5-12H,3-4,13-16H2,1-2H3,(H,25,28)/t23-/m0/s1. The third-order valence-corrected chi connectivity index (χ3v) is 5.54. The number of carbonyl (C=O) groups is 2. The number of rotatable bonds is 6. The topological polar surface area (TPSA) is 49.4 Å². The first kappa shape index (κ1) is 20.1. The molecular formula is C23H27FN2O2. The number of hydrogen-bond donors (Lipinski definition) is 1. The Morgan fingerprint density at radius 2 is 1.75 bits per heavy atom. The molecule has 1 fully saturated rings. The first-order valence-electron chi connectivity index (χ1n) is 9.89. The van der Waals surface area contributed by atoms with Crippen molar-refractivity contribution in [1.29, 1.82) is 0 Å². The molecule has 0 spiro atoms. The van der Waals surface area contributed by atoms with Gasteiger partial charge in [-0.2, -0.15) is 0 Å². The molecule has 2 amide bonds. The van der Waals surface area contributed by atoms with Crippen molar-refractivity contribution < 1.29 is 14.0 Å². The average molecular weight is 382 g/mol. The van der Waals surface area contributed by atoms with Crippen molar-refractivity contribution in [2.24, 2.45) is 5.41 Å². The van der Waals surface area contributed by atoms with E-state index in [9.17, 15) is 14.0 Å². The number of carbonyl (C=O) groups excluding carboxylic acids is 2. The molecule has 2 aromatic carbocycles. The fraction of sp³-hybridized carbons (Fsp3) is 0.391. The summed E-state index contributed by atoms with van der Waals surface area (Å²) in [5, 5.41) is 2.95. The lowest BCUT2D eigenvalue weighted by Gasteiger charge is -2.29. The molecule has 1 atom stereocenters. The second-order valence-electron chi connectivity index (χ2n) is 7.37. The van der Waals surface area contributed by atoms with E-state index >= 15 is 0 Å². The van der Waals surface area contributed by atoms with Crippen molar-refractivity contribution >= 4 is 11.8 Å². The Kier molecular flexibility index (Phi) is 6.12. The highest BCUT2D eigenvalue weighted by Crippen LogP contribution is 2.38. The zero-order chi connectivity index (χ0) is 20.1. The highest BCUT2D eigenvalue weighted by molar-refractivity contribution is 5.86. The smallest absolute Gasteiger partial charge is 0.228 e. The van der Waals surface area contributed by atoms with Crippen LogP contribution in [0, 0.1) is 11.2 Å². The van der Waals surface area contributed by atoms with Gasteiger partial charge in [0, 0.05) is 31.6 Å². The van der Waals surface area contributed by atoms with Crippen LogP contribution in [0.5, 0.6) is 0 Å². The molecule has 1 aliphatic heterocycles. The highest BCUT2D eigenvalue weighted by Gasteiger charge is 2.45. The number of halogens is 1. The quantitative estimate of drug-likeness (QED) is 0.826. The summed E-state index contributed by atoms with van der Waals surface area (Å²) in [5.41, 5.74) is 1.56. The zero-order valence-electron chi connectivity index (χ0n) is 16.5. The van der Waals surface area contributed by atoms with E-state index in [0.29, 0.717) is 44.5 Å². The van der Waals surface area contributed by atoms with Crippen LogP contribution in [-0.2, 0) is 16.0 Å². The Hall–Kier alpha value is -2.69. The Morgan fingerprint density at radius 3 is 2.43 bits per heavy atom. The maximum absolute atomic E-state index is 14.4. The van der Waals surface area contributed by atoms with Gasteiger partial charge in [0.2, 0.25) is 11.8 Å². The van der Waals surface area contributed by atoms with Crippen LogP contribution < -0.4 is 5.32 Å². The van der Waals surface area contributed by atoms with Gasteiger partial charge in [-0.3, -0.25) is 9.59 Å². The van der Waals surface area contributed by atoms with Gasteiger partial charge in [-0.15, -0.1) is 0 Å². The minimum Gasteiger partial charge on any atom is -0.356 e. The molecule has 0 saturated carbocycles. The van der Waals surface area contributed by atoms with Crippen LogP contribution in [0.25, 0.3) is 11.1 Å². The molecule has 1 heterocycles. The van der Waals surface area contributed by atoms with Gasteiger partial charge in [-0.05, 0) is 37.0 Å². The molecule has 2 aromatic rings. The molecule has 0 unspecified atom stereocenters. The predicted octanol–water partition coefficient (Wildman–Crippen LogP) is 3.80. The molecule has 0 radical (unpaired) electrons. The second-order valence-corrected chi connectivity index (χ2v) is 7.37. The van der Waals surface area contributed by atoms with Gasteiger partial charge in [0.25, 0.3) is 0 Å². The zero-order valence-corrected chi connectivity index (χ0v) is 16.5. The van der Waals surface area contributed by atoms with Gasteiger partial charge in [-0.1, -0.05) is 49.4 Å². The molecule has 148 valence electrons. The van der Waals surface area contributed by atoms with E-state index in [4.69, 9.17) is 0 Å². The van der Waals surface area contributed by atoms with Crippen molar-refractivity contribution in [2.75, 3.05) is 19.6 Å². The summed E-state index contributed by atoms with van der Waals surface area (Å²) in [6.07, 6.45) is 1.50. The summed E-state index contributed by atoms with van der Waals surface area (Å²) >= 11 is 0. The minimum atomic E-state index is -0.692. The number of amides is 2. The fourth-order valence-corrected chi connectivity index (χ4v) is 4.05. The summed E-state index contributed by atoms with van der Waals surface area (Å²) in [6, 6.07) is 14.3. The summed E-state index contributed by atoms with van der Waals surface area (Å²) in [7, 11) is 0. The number of nitrogens with zero attached hydrogens (tertiary/aromatic N) is 1. The van der Waals surface area contributed by atoms with Gasteiger partial charge >= 0.3 is 0 Å². The van der Waals surface area contributed by atoms with Crippen molar-refractivity contribution in [3.63, 3.8) is 0 Å². The Labute approximate surface area is 165 Å². The fourth-order valence-electron chi connectivity index (χ4n) is 4.05. The largest absolute Gasteiger partial charge is 0.356 e. The highest BCUT2D eigenvalue weighted by atomic mass is 19.1. The number of hydrogen-bond acceptors (Lipinski definition) is 2. The number of nitrogens with one attached hydrogen (secondary N) is 1. The van der Waals surface area contributed by atoms with Crippen LogP contribution in [0.15, 0.2) is 48.5 Å². The summed E-state index contributed by atoms with van der Waals surface area (Å²) < 4.78 is 14.4. The number of benzene rings is 2. The molecule has 0 bridgehead atoms. The van der Waals surface area contributed by atoms with Gasteiger partial charge in [0.15, 0.2) is 0 Å². The van der Waals surface area contributed by atoms with Crippen molar-refractivity contribution in [3.05, 3.63) is 59.9 Å². The molecule has 5 heteroatoms. The van der Waals surface area contributed by atoms with Gasteiger partial charge in [0.05, 0.1) is 5.41 Å². The average Bonchev–Trinajstić information content (AvgIpc) is 3.14.